The van der Waals surface area contributed by atoms with Crippen LogP contribution in [0.3, 0.4) is 0 Å². The zero-order chi connectivity index (χ0) is 21.7. The molecule has 0 aliphatic carbocycles. The number of ether oxygens (including phenoxy) is 3. The van der Waals surface area contributed by atoms with Crippen molar-refractivity contribution >= 4 is 39.0 Å². The van der Waals surface area contributed by atoms with Crippen molar-refractivity contribution in [3.05, 3.63) is 40.8 Å². The molecule has 1 aliphatic heterocycles. The van der Waals surface area contributed by atoms with Gasteiger partial charge in [-0.05, 0) is 42.8 Å². The first-order chi connectivity index (χ1) is 14.4. The van der Waals surface area contributed by atoms with Crippen LogP contribution in [0.25, 0.3) is 11.6 Å². The molecule has 1 saturated heterocycles. The van der Waals surface area contributed by atoms with Crippen LogP contribution < -0.4 is 14.6 Å². The van der Waals surface area contributed by atoms with Gasteiger partial charge in [0.15, 0.2) is 11.5 Å². The quantitative estimate of drug-likeness (QED) is 0.559. The maximum absolute atomic E-state index is 12.8. The molecule has 0 N–H and O–H groups in total. The van der Waals surface area contributed by atoms with Gasteiger partial charge in [-0.2, -0.15) is 4.31 Å². The number of carboxylic acid groups (broad SMARTS) is 1. The number of carboxylic acids is 1. The van der Waals surface area contributed by atoms with Crippen molar-refractivity contribution in [1.82, 2.24) is 4.31 Å². The van der Waals surface area contributed by atoms with Crippen LogP contribution in [0, 0.1) is 0 Å². The molecule has 1 aromatic heterocycles. The third kappa shape index (κ3) is 4.84. The average Bonchev–Trinajstić information content (AvgIpc) is 3.24. The van der Waals surface area contributed by atoms with Crippen LogP contribution in [0.2, 0.25) is 0 Å². The minimum Gasteiger partial charge on any atom is -0.545 e. The van der Waals surface area contributed by atoms with Crippen LogP contribution in [0.15, 0.2) is 34.5 Å². The fourth-order valence-electron chi connectivity index (χ4n) is 2.96. The second kappa shape index (κ2) is 9.61. The fourth-order valence-corrected chi connectivity index (χ4v) is 5.84. The van der Waals surface area contributed by atoms with E-state index in [-0.39, 0.29) is 27.7 Å². The lowest BCUT2D eigenvalue weighted by Crippen LogP contribution is -2.40. The fraction of sp³-hybridized carbons (Fsp3) is 0.350. The molecule has 3 rings (SSSR count). The van der Waals surface area contributed by atoms with Crippen LogP contribution in [0.4, 0.5) is 0 Å². The van der Waals surface area contributed by atoms with Crippen LogP contribution in [-0.2, 0) is 19.6 Å². The smallest absolute Gasteiger partial charge is 0.252 e. The Bertz CT molecular complexity index is 1040. The summed E-state index contributed by atoms with van der Waals surface area (Å²) in [5.74, 6) is -0.396. The van der Waals surface area contributed by atoms with Crippen LogP contribution in [-0.4, -0.2) is 58.7 Å². The predicted octanol–water partition coefficient (Wildman–Crippen LogP) is 1.47. The molecule has 8 nitrogen and oxygen atoms in total. The number of carbonyl (C=O) groups is 1. The zero-order valence-corrected chi connectivity index (χ0v) is 18.3. The normalized spacial score (nSPS) is 15.7. The van der Waals surface area contributed by atoms with E-state index in [2.05, 4.69) is 0 Å². The number of benzene rings is 1. The molecule has 0 saturated carbocycles. The van der Waals surface area contributed by atoms with Gasteiger partial charge in [0.1, 0.15) is 4.21 Å². The molecular formula is C20H22NO7S2-. The van der Waals surface area contributed by atoms with Gasteiger partial charge in [-0.15, -0.1) is 11.3 Å². The molecule has 10 heteroatoms. The van der Waals surface area contributed by atoms with E-state index in [4.69, 9.17) is 14.2 Å². The summed E-state index contributed by atoms with van der Waals surface area (Å²) in [5, 5.41) is 11.8. The molecule has 2 heterocycles. The SMILES string of the molecule is CCOc1ccc(/C=C(\C(=O)[O-])c2ccc(S(=O)(=O)N3CCOCC3)s2)cc1OC. The first-order valence-corrected chi connectivity index (χ1v) is 11.5. The summed E-state index contributed by atoms with van der Waals surface area (Å²) >= 11 is 0.895. The lowest BCUT2D eigenvalue weighted by molar-refractivity contribution is -0.295. The molecule has 1 fully saturated rings. The molecule has 162 valence electrons. The predicted molar refractivity (Wildman–Crippen MR) is 111 cm³/mol. The number of morpholine rings is 1. The third-order valence-electron chi connectivity index (χ3n) is 4.43. The molecule has 0 spiro atoms. The number of hydrogen-bond donors (Lipinski definition) is 0. The average molecular weight is 453 g/mol. The van der Waals surface area contributed by atoms with Crippen LogP contribution in [0.1, 0.15) is 17.4 Å². The summed E-state index contributed by atoms with van der Waals surface area (Å²) in [6.45, 7) is 3.52. The van der Waals surface area contributed by atoms with E-state index in [1.165, 1.54) is 29.6 Å². The van der Waals surface area contributed by atoms with Crippen molar-refractivity contribution < 1.29 is 32.5 Å². The number of sulfonamides is 1. The van der Waals surface area contributed by atoms with E-state index in [0.717, 1.165) is 11.3 Å². The van der Waals surface area contributed by atoms with E-state index in [1.807, 2.05) is 6.92 Å². The van der Waals surface area contributed by atoms with Crippen molar-refractivity contribution in [2.45, 2.75) is 11.1 Å². The third-order valence-corrected chi connectivity index (χ3v) is 7.91. The number of rotatable bonds is 8. The highest BCUT2D eigenvalue weighted by molar-refractivity contribution is 7.91. The van der Waals surface area contributed by atoms with Crippen LogP contribution >= 0.6 is 11.3 Å². The van der Waals surface area contributed by atoms with Gasteiger partial charge in [0, 0.05) is 23.5 Å². The number of thiophene rings is 1. The molecule has 0 radical (unpaired) electrons. The number of methoxy groups -OCH3 is 1. The van der Waals surface area contributed by atoms with Crippen molar-refractivity contribution in [2.75, 3.05) is 40.0 Å². The number of nitrogens with zero attached hydrogens (tertiary/aromatic N) is 1. The Kier molecular flexibility index (Phi) is 7.14. The summed E-state index contributed by atoms with van der Waals surface area (Å²) in [7, 11) is -2.21. The van der Waals surface area contributed by atoms with Crippen molar-refractivity contribution in [1.29, 1.82) is 0 Å². The Balaban J connectivity index is 1.93. The molecule has 2 aromatic rings. The van der Waals surface area contributed by atoms with Gasteiger partial charge in [-0.3, -0.25) is 0 Å². The molecule has 1 aliphatic rings. The summed E-state index contributed by atoms with van der Waals surface area (Å²) in [6, 6.07) is 7.91. The summed E-state index contributed by atoms with van der Waals surface area (Å²) < 4.78 is 43.0. The van der Waals surface area contributed by atoms with Gasteiger partial charge >= 0.3 is 0 Å². The number of hydrogen-bond acceptors (Lipinski definition) is 8. The van der Waals surface area contributed by atoms with E-state index < -0.39 is 16.0 Å². The maximum Gasteiger partial charge on any atom is 0.252 e. The molecule has 30 heavy (non-hydrogen) atoms. The summed E-state index contributed by atoms with van der Waals surface area (Å²) in [5.41, 5.74) is 0.440. The second-order valence-electron chi connectivity index (χ2n) is 6.32. The first kappa shape index (κ1) is 22.3. The summed E-state index contributed by atoms with van der Waals surface area (Å²) in [4.78, 5) is 12.1. The minimum atomic E-state index is -3.70. The number of aliphatic carboxylic acids is 1. The lowest BCUT2D eigenvalue weighted by atomic mass is 10.1. The Labute approximate surface area is 179 Å². The van der Waals surface area contributed by atoms with E-state index in [1.54, 1.807) is 18.2 Å². The van der Waals surface area contributed by atoms with Crippen molar-refractivity contribution in [2.24, 2.45) is 0 Å². The first-order valence-electron chi connectivity index (χ1n) is 9.28. The molecule has 0 unspecified atom stereocenters. The van der Waals surface area contributed by atoms with E-state index >= 15 is 0 Å². The monoisotopic (exact) mass is 452 g/mol. The Morgan fingerprint density at radius 1 is 1.23 bits per heavy atom. The Morgan fingerprint density at radius 3 is 2.60 bits per heavy atom. The van der Waals surface area contributed by atoms with E-state index in [0.29, 0.717) is 36.9 Å². The van der Waals surface area contributed by atoms with Gasteiger partial charge in [-0.25, -0.2) is 8.42 Å². The second-order valence-corrected chi connectivity index (χ2v) is 9.57. The molecule has 0 atom stereocenters. The van der Waals surface area contributed by atoms with Gasteiger partial charge in [0.25, 0.3) is 10.0 Å². The van der Waals surface area contributed by atoms with Gasteiger partial charge in [0.05, 0.1) is 32.9 Å². The van der Waals surface area contributed by atoms with Crippen molar-refractivity contribution in [3.8, 4) is 11.5 Å². The minimum absolute atomic E-state index is 0.0795. The number of carbonyl (C=O) groups excluding carboxylic acids is 1. The van der Waals surface area contributed by atoms with E-state index in [9.17, 15) is 18.3 Å². The standard InChI is InChI=1S/C20H23NO7S2/c1-3-28-16-5-4-14(13-17(16)26-2)12-15(20(22)23)18-6-7-19(29-18)30(24,25)21-8-10-27-11-9-21/h4-7,12-13H,3,8-11H2,1-2H3,(H,22,23)/p-1/b15-12-. The molecular weight excluding hydrogens is 430 g/mol. The summed E-state index contributed by atoms with van der Waals surface area (Å²) in [6.07, 6.45) is 1.42. The molecule has 0 amide bonds. The molecule has 1 aromatic carbocycles. The van der Waals surface area contributed by atoms with Crippen molar-refractivity contribution in [3.63, 3.8) is 0 Å². The highest BCUT2D eigenvalue weighted by Gasteiger charge is 2.28. The lowest BCUT2D eigenvalue weighted by Gasteiger charge is -2.25. The zero-order valence-electron chi connectivity index (χ0n) is 16.6. The Morgan fingerprint density at radius 2 is 1.97 bits per heavy atom. The molecule has 0 bridgehead atoms. The van der Waals surface area contributed by atoms with Gasteiger partial charge < -0.3 is 24.1 Å². The Hall–Kier alpha value is -2.40. The highest BCUT2D eigenvalue weighted by atomic mass is 32.2. The van der Waals surface area contributed by atoms with Gasteiger partial charge in [0.2, 0.25) is 0 Å². The maximum atomic E-state index is 12.8. The van der Waals surface area contributed by atoms with Crippen LogP contribution in [0.5, 0.6) is 11.5 Å². The largest absolute Gasteiger partial charge is 0.545 e. The highest BCUT2D eigenvalue weighted by Crippen LogP contribution is 2.33. The van der Waals surface area contributed by atoms with Gasteiger partial charge in [-0.1, -0.05) is 6.07 Å². The topological polar surface area (TPSA) is 105 Å².